The monoisotopic (exact) mass is 454 g/mol. The molecular formula is C21H19BrN4O3. The van der Waals surface area contributed by atoms with Gasteiger partial charge in [-0.1, -0.05) is 18.2 Å². The average Bonchev–Trinajstić information content (AvgIpc) is 3.22. The Bertz CT molecular complexity index is 1260. The van der Waals surface area contributed by atoms with Crippen LogP contribution in [-0.4, -0.2) is 37.4 Å². The van der Waals surface area contributed by atoms with Gasteiger partial charge in [0.1, 0.15) is 17.4 Å². The highest BCUT2D eigenvalue weighted by Crippen LogP contribution is 2.22. The molecule has 0 aliphatic rings. The Balaban J connectivity index is 1.66. The number of aryl methyl sites for hydroxylation is 2. The lowest BCUT2D eigenvalue weighted by Gasteiger charge is -2.15. The van der Waals surface area contributed by atoms with E-state index < -0.39 is 17.9 Å². The number of hydrogen-bond donors (Lipinski definition) is 3. The lowest BCUT2D eigenvalue weighted by atomic mass is 10.0. The molecule has 0 bridgehead atoms. The third-order valence-corrected chi connectivity index (χ3v) is 5.40. The van der Waals surface area contributed by atoms with Gasteiger partial charge in [-0.25, -0.2) is 9.78 Å². The third-order valence-electron chi connectivity index (χ3n) is 4.96. The molecule has 4 aromatic rings. The van der Waals surface area contributed by atoms with Crippen molar-refractivity contribution in [3.05, 3.63) is 69.7 Å². The minimum absolute atomic E-state index is 0.170. The number of pyridine rings is 1. The third kappa shape index (κ3) is 3.51. The first-order chi connectivity index (χ1) is 13.8. The van der Waals surface area contributed by atoms with Gasteiger partial charge >= 0.3 is 5.97 Å². The molecule has 1 amide bonds. The predicted molar refractivity (Wildman–Crippen MR) is 113 cm³/mol. The Hall–Kier alpha value is -3.13. The number of aromatic amines is 1. The molecule has 1 aromatic carbocycles. The molecule has 0 radical (unpaired) electrons. The number of carbonyl (C=O) groups is 2. The highest BCUT2D eigenvalue weighted by molar-refractivity contribution is 9.10. The minimum Gasteiger partial charge on any atom is -0.480 e. The summed E-state index contributed by atoms with van der Waals surface area (Å²) in [5.41, 5.74) is 4.21. The number of carboxylic acid groups (broad SMARTS) is 1. The molecule has 0 fully saturated rings. The van der Waals surface area contributed by atoms with Crippen LogP contribution < -0.4 is 5.32 Å². The van der Waals surface area contributed by atoms with Gasteiger partial charge in [0.25, 0.3) is 5.91 Å². The number of H-pyrrole nitrogens is 1. The first kappa shape index (κ1) is 19.2. The van der Waals surface area contributed by atoms with E-state index in [1.165, 1.54) is 0 Å². The van der Waals surface area contributed by atoms with Crippen LogP contribution in [-0.2, 0) is 11.2 Å². The molecule has 0 saturated carbocycles. The minimum atomic E-state index is -1.09. The number of rotatable bonds is 5. The van der Waals surface area contributed by atoms with Crippen molar-refractivity contribution >= 4 is 44.4 Å². The SMILES string of the molecule is Cc1nc2c(C)cc(Br)cn2c1C(=O)NC(Cc1c[nH]c2ccccc12)C(=O)O. The molecule has 29 heavy (non-hydrogen) atoms. The lowest BCUT2D eigenvalue weighted by Crippen LogP contribution is -2.42. The number of amides is 1. The summed E-state index contributed by atoms with van der Waals surface area (Å²) >= 11 is 3.43. The quantitative estimate of drug-likeness (QED) is 0.428. The van der Waals surface area contributed by atoms with Gasteiger partial charge in [-0.05, 0) is 53.0 Å². The molecule has 8 heteroatoms. The van der Waals surface area contributed by atoms with Crippen LogP contribution in [0.2, 0.25) is 0 Å². The standard InChI is InChI=1S/C21H19BrN4O3/c1-11-7-14(22)10-26-18(12(2)24-19(11)26)20(27)25-17(21(28)29)8-13-9-23-16-6-4-3-5-15(13)16/h3-7,9-10,17,23H,8H2,1-2H3,(H,25,27)(H,28,29). The molecule has 0 aliphatic carbocycles. The lowest BCUT2D eigenvalue weighted by molar-refractivity contribution is -0.139. The maximum absolute atomic E-state index is 13.0. The van der Waals surface area contributed by atoms with Crippen LogP contribution in [0.4, 0.5) is 0 Å². The molecule has 0 spiro atoms. The van der Waals surface area contributed by atoms with Crippen molar-refractivity contribution in [1.82, 2.24) is 19.7 Å². The molecule has 148 valence electrons. The Kier molecular flexibility index (Phi) is 4.87. The molecular weight excluding hydrogens is 436 g/mol. The number of aliphatic carboxylic acids is 1. The molecule has 0 aliphatic heterocycles. The number of carbonyl (C=O) groups excluding carboxylic acids is 1. The Morgan fingerprint density at radius 3 is 2.83 bits per heavy atom. The summed E-state index contributed by atoms with van der Waals surface area (Å²) in [5.74, 6) is -1.56. The van der Waals surface area contributed by atoms with Crippen molar-refractivity contribution in [2.75, 3.05) is 0 Å². The number of halogens is 1. The van der Waals surface area contributed by atoms with E-state index in [0.717, 1.165) is 26.5 Å². The first-order valence-corrected chi connectivity index (χ1v) is 9.88. The van der Waals surface area contributed by atoms with Gasteiger partial charge in [-0.2, -0.15) is 0 Å². The number of para-hydroxylation sites is 1. The number of fused-ring (bicyclic) bond motifs is 2. The van der Waals surface area contributed by atoms with Crippen LogP contribution in [0.25, 0.3) is 16.6 Å². The molecule has 3 N–H and O–H groups in total. The van der Waals surface area contributed by atoms with Gasteiger partial charge in [0.15, 0.2) is 0 Å². The fourth-order valence-electron chi connectivity index (χ4n) is 3.60. The normalized spacial score (nSPS) is 12.4. The number of carboxylic acids is 1. The molecule has 0 saturated heterocycles. The van der Waals surface area contributed by atoms with Crippen molar-refractivity contribution in [1.29, 1.82) is 0 Å². The van der Waals surface area contributed by atoms with Crippen LogP contribution in [0.15, 0.2) is 47.2 Å². The van der Waals surface area contributed by atoms with Gasteiger partial charge in [-0.3, -0.25) is 9.20 Å². The van der Waals surface area contributed by atoms with Gasteiger partial charge in [0.05, 0.1) is 5.69 Å². The zero-order chi connectivity index (χ0) is 20.7. The van der Waals surface area contributed by atoms with Gasteiger partial charge in [0, 0.05) is 34.2 Å². The Morgan fingerprint density at radius 1 is 1.31 bits per heavy atom. The number of benzene rings is 1. The van der Waals surface area contributed by atoms with Crippen molar-refractivity contribution < 1.29 is 14.7 Å². The number of nitrogens with one attached hydrogen (secondary N) is 2. The smallest absolute Gasteiger partial charge is 0.326 e. The number of hydrogen-bond acceptors (Lipinski definition) is 3. The zero-order valence-electron chi connectivity index (χ0n) is 15.9. The summed E-state index contributed by atoms with van der Waals surface area (Å²) in [6.45, 7) is 3.65. The zero-order valence-corrected chi connectivity index (χ0v) is 17.4. The summed E-state index contributed by atoms with van der Waals surface area (Å²) in [6.07, 6.45) is 3.71. The summed E-state index contributed by atoms with van der Waals surface area (Å²) in [5, 5.41) is 13.3. The second-order valence-corrected chi connectivity index (χ2v) is 7.92. The van der Waals surface area contributed by atoms with E-state index in [0.29, 0.717) is 17.0 Å². The van der Waals surface area contributed by atoms with Crippen LogP contribution in [0, 0.1) is 13.8 Å². The van der Waals surface area contributed by atoms with E-state index >= 15 is 0 Å². The molecule has 4 rings (SSSR count). The second kappa shape index (κ2) is 7.36. The molecule has 3 heterocycles. The van der Waals surface area contributed by atoms with Gasteiger partial charge in [0.2, 0.25) is 0 Å². The van der Waals surface area contributed by atoms with Gasteiger partial charge in [-0.15, -0.1) is 0 Å². The number of nitrogens with zero attached hydrogens (tertiary/aromatic N) is 2. The average molecular weight is 455 g/mol. The number of aromatic nitrogens is 3. The van der Waals surface area contributed by atoms with Crippen molar-refractivity contribution in [3.8, 4) is 0 Å². The van der Waals surface area contributed by atoms with E-state index in [4.69, 9.17) is 0 Å². The second-order valence-electron chi connectivity index (χ2n) is 7.01. The fraction of sp³-hybridized carbons (Fsp3) is 0.190. The number of imidazole rings is 1. The molecule has 1 atom stereocenters. The Labute approximate surface area is 174 Å². The fourth-order valence-corrected chi connectivity index (χ4v) is 4.15. The van der Waals surface area contributed by atoms with Crippen molar-refractivity contribution in [3.63, 3.8) is 0 Å². The van der Waals surface area contributed by atoms with Crippen molar-refractivity contribution in [2.24, 2.45) is 0 Å². The predicted octanol–water partition coefficient (Wildman–Crippen LogP) is 3.62. The molecule has 7 nitrogen and oxygen atoms in total. The van der Waals surface area contributed by atoms with Crippen LogP contribution >= 0.6 is 15.9 Å². The summed E-state index contributed by atoms with van der Waals surface area (Å²) in [4.78, 5) is 32.5. The first-order valence-electron chi connectivity index (χ1n) is 9.08. The maximum atomic E-state index is 13.0. The van der Waals surface area contributed by atoms with Crippen molar-refractivity contribution in [2.45, 2.75) is 26.3 Å². The van der Waals surface area contributed by atoms with E-state index in [1.807, 2.05) is 37.3 Å². The van der Waals surface area contributed by atoms with Crippen LogP contribution in [0.5, 0.6) is 0 Å². The van der Waals surface area contributed by atoms with E-state index in [9.17, 15) is 14.7 Å². The maximum Gasteiger partial charge on any atom is 0.326 e. The highest BCUT2D eigenvalue weighted by atomic mass is 79.9. The summed E-state index contributed by atoms with van der Waals surface area (Å²) in [7, 11) is 0. The summed E-state index contributed by atoms with van der Waals surface area (Å²) < 4.78 is 2.50. The molecule has 3 aromatic heterocycles. The Morgan fingerprint density at radius 2 is 2.07 bits per heavy atom. The highest BCUT2D eigenvalue weighted by Gasteiger charge is 2.25. The van der Waals surface area contributed by atoms with E-state index in [1.54, 1.807) is 23.7 Å². The largest absolute Gasteiger partial charge is 0.480 e. The van der Waals surface area contributed by atoms with E-state index in [-0.39, 0.29) is 6.42 Å². The topological polar surface area (TPSA) is 99.5 Å². The van der Waals surface area contributed by atoms with Crippen LogP contribution in [0.1, 0.15) is 27.3 Å². The summed E-state index contributed by atoms with van der Waals surface area (Å²) in [6, 6.07) is 8.51. The van der Waals surface area contributed by atoms with Crippen LogP contribution in [0.3, 0.4) is 0 Å². The van der Waals surface area contributed by atoms with E-state index in [2.05, 4.69) is 31.2 Å². The van der Waals surface area contributed by atoms with Gasteiger partial charge < -0.3 is 15.4 Å². The molecule has 1 unspecified atom stereocenters.